The van der Waals surface area contributed by atoms with Crippen molar-refractivity contribution in [2.24, 2.45) is 0 Å². The van der Waals surface area contributed by atoms with Gasteiger partial charge in [-0.15, -0.1) is 0 Å². The number of aromatic nitrogens is 2. The molecule has 0 aromatic carbocycles. The van der Waals surface area contributed by atoms with Crippen molar-refractivity contribution in [1.29, 1.82) is 0 Å². The molecule has 0 spiro atoms. The molecule has 3 rings (SSSR count). The van der Waals surface area contributed by atoms with Crippen LogP contribution in [0, 0.1) is 0 Å². The minimum absolute atomic E-state index is 0.304. The number of methoxy groups -OCH3 is 1. The van der Waals surface area contributed by atoms with Crippen LogP contribution in [0.5, 0.6) is 5.75 Å². The van der Waals surface area contributed by atoms with E-state index in [1.165, 1.54) is 0 Å². The minimum atomic E-state index is -1.30. The van der Waals surface area contributed by atoms with E-state index in [0.717, 1.165) is 12.8 Å². The topological polar surface area (TPSA) is 39.1 Å². The molecule has 0 aliphatic carbocycles. The van der Waals surface area contributed by atoms with Crippen LogP contribution in [-0.4, -0.2) is 29.0 Å². The molecule has 2 bridgehead atoms. The number of alkyl halides is 1. The first-order chi connectivity index (χ1) is 8.66. The van der Waals surface area contributed by atoms with Crippen LogP contribution in [0.15, 0.2) is 6.20 Å². The Kier molecular flexibility index (Phi) is 2.81. The van der Waals surface area contributed by atoms with E-state index in [0.29, 0.717) is 42.9 Å². The number of nitrogens with zero attached hydrogens (tertiary/aromatic N) is 2. The molecule has 2 saturated heterocycles. The number of rotatable bonds is 3. The van der Waals surface area contributed by atoms with Crippen molar-refractivity contribution in [3.8, 4) is 5.75 Å². The smallest absolute Gasteiger partial charge is 0.163 e. The Hall–Kier alpha value is -1.10. The van der Waals surface area contributed by atoms with E-state index in [1.807, 2.05) is 6.92 Å². The molecule has 5 heteroatoms. The van der Waals surface area contributed by atoms with Crippen LogP contribution in [0.4, 0.5) is 4.39 Å². The largest absolute Gasteiger partial charge is 0.493 e. The highest BCUT2D eigenvalue weighted by atomic mass is 19.1. The van der Waals surface area contributed by atoms with Gasteiger partial charge in [0.2, 0.25) is 0 Å². The van der Waals surface area contributed by atoms with Gasteiger partial charge in [0, 0.05) is 31.5 Å². The third-order valence-corrected chi connectivity index (χ3v) is 4.22. The molecule has 2 unspecified atom stereocenters. The van der Waals surface area contributed by atoms with E-state index in [2.05, 4.69) is 10.4 Å². The van der Waals surface area contributed by atoms with Gasteiger partial charge in [0.15, 0.2) is 11.4 Å². The average molecular weight is 253 g/mol. The lowest BCUT2D eigenvalue weighted by Crippen LogP contribution is -2.45. The summed E-state index contributed by atoms with van der Waals surface area (Å²) in [6, 6.07) is 0.609. The average Bonchev–Trinajstić information content (AvgIpc) is 2.93. The molecule has 18 heavy (non-hydrogen) atoms. The molecule has 2 aliphatic rings. The highest BCUT2D eigenvalue weighted by Gasteiger charge is 2.48. The zero-order valence-corrected chi connectivity index (χ0v) is 10.9. The fourth-order valence-corrected chi connectivity index (χ4v) is 3.49. The lowest BCUT2D eigenvalue weighted by molar-refractivity contribution is 0.0742. The molecule has 2 atom stereocenters. The quantitative estimate of drug-likeness (QED) is 0.895. The molecule has 3 heterocycles. The first kappa shape index (κ1) is 12.0. The molecule has 2 aliphatic heterocycles. The van der Waals surface area contributed by atoms with E-state index in [-0.39, 0.29) is 0 Å². The van der Waals surface area contributed by atoms with Gasteiger partial charge < -0.3 is 10.1 Å². The Morgan fingerprint density at radius 2 is 2.17 bits per heavy atom. The predicted octanol–water partition coefficient (Wildman–Crippen LogP) is 1.99. The van der Waals surface area contributed by atoms with Gasteiger partial charge in [-0.1, -0.05) is 0 Å². The minimum Gasteiger partial charge on any atom is -0.493 e. The first-order valence-corrected chi connectivity index (χ1v) is 6.71. The molecular formula is C13H20FN3O. The first-order valence-electron chi connectivity index (χ1n) is 6.71. The zero-order valence-electron chi connectivity index (χ0n) is 10.9. The summed E-state index contributed by atoms with van der Waals surface area (Å²) in [5, 5.41) is 7.70. The Balaban J connectivity index is 2.00. The maximum Gasteiger partial charge on any atom is 0.163 e. The van der Waals surface area contributed by atoms with Gasteiger partial charge in [-0.25, -0.2) is 4.39 Å². The van der Waals surface area contributed by atoms with Crippen molar-refractivity contribution in [3.05, 3.63) is 11.9 Å². The van der Waals surface area contributed by atoms with Crippen LogP contribution in [0.25, 0.3) is 0 Å². The molecule has 1 aromatic heterocycles. The fraction of sp³-hybridized carbons (Fsp3) is 0.769. The van der Waals surface area contributed by atoms with Gasteiger partial charge in [-0.05, 0) is 19.8 Å². The number of piperidine rings is 1. The zero-order chi connectivity index (χ0) is 12.8. The second-order valence-corrected chi connectivity index (χ2v) is 5.39. The molecule has 100 valence electrons. The number of ether oxygens (including phenoxy) is 1. The molecule has 1 aromatic rings. The summed E-state index contributed by atoms with van der Waals surface area (Å²) in [4.78, 5) is 0. The molecule has 2 fully saturated rings. The van der Waals surface area contributed by atoms with E-state index >= 15 is 4.39 Å². The number of aryl methyl sites for hydroxylation is 1. The van der Waals surface area contributed by atoms with Gasteiger partial charge in [0.25, 0.3) is 0 Å². The summed E-state index contributed by atoms with van der Waals surface area (Å²) in [5.74, 6) is 0.584. The van der Waals surface area contributed by atoms with E-state index in [9.17, 15) is 0 Å². The Bertz CT molecular complexity index is 412. The highest BCUT2D eigenvalue weighted by Crippen LogP contribution is 2.46. The molecule has 4 nitrogen and oxygen atoms in total. The van der Waals surface area contributed by atoms with Crippen molar-refractivity contribution in [2.45, 2.75) is 56.9 Å². The van der Waals surface area contributed by atoms with E-state index < -0.39 is 5.67 Å². The summed E-state index contributed by atoms with van der Waals surface area (Å²) in [6.07, 6.45) is 4.86. The summed E-state index contributed by atoms with van der Waals surface area (Å²) in [6.45, 7) is 2.65. The number of hydrogen-bond acceptors (Lipinski definition) is 3. The molecular weight excluding hydrogens is 233 g/mol. The van der Waals surface area contributed by atoms with Crippen molar-refractivity contribution >= 4 is 0 Å². The third kappa shape index (κ3) is 1.72. The number of halogens is 1. The van der Waals surface area contributed by atoms with Gasteiger partial charge in [-0.3, -0.25) is 4.68 Å². The Morgan fingerprint density at radius 1 is 1.50 bits per heavy atom. The van der Waals surface area contributed by atoms with Crippen molar-refractivity contribution in [2.75, 3.05) is 7.11 Å². The van der Waals surface area contributed by atoms with Gasteiger partial charge in [0.05, 0.1) is 13.3 Å². The second kappa shape index (κ2) is 4.23. The lowest BCUT2D eigenvalue weighted by Gasteiger charge is -2.35. The highest BCUT2D eigenvalue weighted by molar-refractivity contribution is 5.32. The van der Waals surface area contributed by atoms with Crippen LogP contribution in [0.2, 0.25) is 0 Å². The van der Waals surface area contributed by atoms with Crippen LogP contribution in [0.3, 0.4) is 0 Å². The van der Waals surface area contributed by atoms with Crippen molar-refractivity contribution in [3.63, 3.8) is 0 Å². The van der Waals surface area contributed by atoms with Crippen LogP contribution in [-0.2, 0) is 12.2 Å². The maximum absolute atomic E-state index is 15.4. The lowest BCUT2D eigenvalue weighted by atomic mass is 9.86. The number of hydrogen-bond donors (Lipinski definition) is 1. The summed E-state index contributed by atoms with van der Waals surface area (Å²) < 4.78 is 22.4. The summed E-state index contributed by atoms with van der Waals surface area (Å²) in [5.41, 5.74) is -0.666. The molecule has 0 saturated carbocycles. The van der Waals surface area contributed by atoms with Gasteiger partial charge >= 0.3 is 0 Å². The molecule has 0 amide bonds. The maximum atomic E-state index is 15.4. The standard InChI is InChI=1S/C13H20FN3O/c1-3-17-12(11(18-2)8-15-17)13(14)6-9-4-5-10(7-13)16-9/h8-10,16H,3-7H2,1-2H3. The Labute approximate surface area is 107 Å². The van der Waals surface area contributed by atoms with E-state index in [4.69, 9.17) is 4.74 Å². The van der Waals surface area contributed by atoms with Crippen LogP contribution < -0.4 is 10.1 Å². The van der Waals surface area contributed by atoms with Crippen molar-refractivity contribution in [1.82, 2.24) is 15.1 Å². The number of fused-ring (bicyclic) bond motifs is 2. The Morgan fingerprint density at radius 3 is 2.72 bits per heavy atom. The molecule has 1 N–H and O–H groups in total. The monoisotopic (exact) mass is 253 g/mol. The van der Waals surface area contributed by atoms with E-state index in [1.54, 1.807) is 18.0 Å². The summed E-state index contributed by atoms with van der Waals surface area (Å²) in [7, 11) is 1.58. The second-order valence-electron chi connectivity index (χ2n) is 5.39. The summed E-state index contributed by atoms with van der Waals surface area (Å²) >= 11 is 0. The van der Waals surface area contributed by atoms with Crippen LogP contribution in [0.1, 0.15) is 38.3 Å². The van der Waals surface area contributed by atoms with Gasteiger partial charge in [0.1, 0.15) is 5.69 Å². The third-order valence-electron chi connectivity index (χ3n) is 4.22. The van der Waals surface area contributed by atoms with Gasteiger partial charge in [-0.2, -0.15) is 5.10 Å². The van der Waals surface area contributed by atoms with Crippen molar-refractivity contribution < 1.29 is 9.13 Å². The van der Waals surface area contributed by atoms with Crippen LogP contribution >= 0.6 is 0 Å². The normalized spacial score (nSPS) is 34.8. The molecule has 0 radical (unpaired) electrons. The predicted molar refractivity (Wildman–Crippen MR) is 66.4 cm³/mol. The fourth-order valence-electron chi connectivity index (χ4n) is 3.49. The number of nitrogens with one attached hydrogen (secondary N) is 1. The SMILES string of the molecule is CCn1ncc(OC)c1C1(F)CC2CCC(C1)N2.